The highest BCUT2D eigenvalue weighted by Crippen LogP contribution is 2.18. The van der Waals surface area contributed by atoms with E-state index in [0.29, 0.717) is 31.0 Å². The quantitative estimate of drug-likeness (QED) is 0.820. The molecule has 1 aliphatic rings. The zero-order valence-electron chi connectivity index (χ0n) is 13.4. The van der Waals surface area contributed by atoms with Crippen LogP contribution in [0.4, 0.5) is 0 Å². The molecule has 0 atom stereocenters. The van der Waals surface area contributed by atoms with Gasteiger partial charge in [0, 0.05) is 18.7 Å². The van der Waals surface area contributed by atoms with Gasteiger partial charge in [0.25, 0.3) is 0 Å². The Kier molecular flexibility index (Phi) is 5.07. The molecule has 2 heterocycles. The highest BCUT2D eigenvalue weighted by molar-refractivity contribution is 5.77. The van der Waals surface area contributed by atoms with E-state index in [1.54, 1.807) is 12.1 Å². The summed E-state index contributed by atoms with van der Waals surface area (Å²) in [6, 6.07) is 15.6. The van der Waals surface area contributed by atoms with Gasteiger partial charge in [0.2, 0.25) is 11.8 Å². The summed E-state index contributed by atoms with van der Waals surface area (Å²) in [6.07, 6.45) is 3.83. The summed E-state index contributed by atoms with van der Waals surface area (Å²) < 4.78 is 5.69. The van der Waals surface area contributed by atoms with Crippen LogP contribution in [-0.2, 0) is 11.2 Å². The van der Waals surface area contributed by atoms with E-state index in [4.69, 9.17) is 10.00 Å². The van der Waals surface area contributed by atoms with Crippen molar-refractivity contribution in [3.63, 3.8) is 0 Å². The first kappa shape index (κ1) is 16.0. The van der Waals surface area contributed by atoms with Crippen LogP contribution in [0.15, 0.2) is 48.7 Å². The Morgan fingerprint density at radius 2 is 2.04 bits per heavy atom. The summed E-state index contributed by atoms with van der Waals surface area (Å²) in [5.41, 5.74) is 1.77. The molecule has 1 saturated heterocycles. The third-order valence-electron chi connectivity index (χ3n) is 4.05. The summed E-state index contributed by atoms with van der Waals surface area (Å²) in [4.78, 5) is 18.0. The van der Waals surface area contributed by atoms with E-state index in [-0.39, 0.29) is 12.0 Å². The van der Waals surface area contributed by atoms with Crippen LogP contribution >= 0.6 is 0 Å². The first-order valence-electron chi connectivity index (χ1n) is 8.09. The van der Waals surface area contributed by atoms with Gasteiger partial charge in [-0.3, -0.25) is 4.79 Å². The minimum absolute atomic E-state index is 0.0106. The van der Waals surface area contributed by atoms with E-state index in [2.05, 4.69) is 17.1 Å². The van der Waals surface area contributed by atoms with E-state index in [9.17, 15) is 4.79 Å². The number of carbonyl (C=O) groups is 1. The number of likely N-dealkylation sites (tertiary alicyclic amines) is 1. The van der Waals surface area contributed by atoms with Gasteiger partial charge >= 0.3 is 0 Å². The van der Waals surface area contributed by atoms with Crippen LogP contribution < -0.4 is 4.74 Å². The molecule has 5 heteroatoms. The van der Waals surface area contributed by atoms with Crippen LogP contribution in [0.25, 0.3) is 0 Å². The Morgan fingerprint density at radius 3 is 2.71 bits per heavy atom. The number of benzene rings is 1. The van der Waals surface area contributed by atoms with Gasteiger partial charge in [0.05, 0.1) is 18.7 Å². The number of aryl methyl sites for hydroxylation is 1. The fourth-order valence-corrected chi connectivity index (χ4v) is 2.65. The van der Waals surface area contributed by atoms with Gasteiger partial charge in [-0.25, -0.2) is 4.98 Å². The molecule has 3 rings (SSSR count). The number of amides is 1. The topological polar surface area (TPSA) is 66.2 Å². The van der Waals surface area contributed by atoms with Crippen molar-refractivity contribution < 1.29 is 9.53 Å². The third kappa shape index (κ3) is 4.11. The van der Waals surface area contributed by atoms with E-state index >= 15 is 0 Å². The SMILES string of the molecule is N#Cc1ccc(OC2CN(C(=O)CCCc3ccccc3)C2)nc1. The summed E-state index contributed by atoms with van der Waals surface area (Å²) >= 11 is 0. The molecule has 0 bridgehead atoms. The summed E-state index contributed by atoms with van der Waals surface area (Å²) in [6.45, 7) is 1.21. The minimum Gasteiger partial charge on any atom is -0.471 e. The minimum atomic E-state index is -0.0106. The molecule has 0 radical (unpaired) electrons. The summed E-state index contributed by atoms with van der Waals surface area (Å²) in [5.74, 6) is 0.675. The molecule has 0 N–H and O–H groups in total. The molecule has 1 aromatic heterocycles. The molecule has 1 amide bonds. The zero-order chi connectivity index (χ0) is 16.8. The molecule has 1 aliphatic heterocycles. The molecular formula is C19H19N3O2. The van der Waals surface area contributed by atoms with Gasteiger partial charge in [-0.15, -0.1) is 0 Å². The molecule has 0 saturated carbocycles. The lowest BCUT2D eigenvalue weighted by molar-refractivity contribution is -0.140. The van der Waals surface area contributed by atoms with Crippen LogP contribution in [0.2, 0.25) is 0 Å². The molecule has 1 fully saturated rings. The van der Waals surface area contributed by atoms with Crippen molar-refractivity contribution in [2.75, 3.05) is 13.1 Å². The molecule has 5 nitrogen and oxygen atoms in total. The standard InChI is InChI=1S/C19H19N3O2/c20-11-16-9-10-18(21-12-16)24-17-13-22(14-17)19(23)8-4-7-15-5-2-1-3-6-15/h1-3,5-6,9-10,12,17H,4,7-8,13-14H2. The van der Waals surface area contributed by atoms with Crippen LogP contribution in [0.3, 0.4) is 0 Å². The highest BCUT2D eigenvalue weighted by atomic mass is 16.5. The van der Waals surface area contributed by atoms with Crippen molar-refractivity contribution in [3.05, 3.63) is 59.8 Å². The molecule has 0 unspecified atom stereocenters. The number of aromatic nitrogens is 1. The Balaban J connectivity index is 1.36. The van der Waals surface area contributed by atoms with Gasteiger partial charge in [0.15, 0.2) is 0 Å². The maximum atomic E-state index is 12.1. The average molecular weight is 321 g/mol. The van der Waals surface area contributed by atoms with Crippen molar-refractivity contribution in [3.8, 4) is 11.9 Å². The predicted octanol–water partition coefficient (Wildman–Crippen LogP) is 2.57. The summed E-state index contributed by atoms with van der Waals surface area (Å²) in [7, 11) is 0. The fourth-order valence-electron chi connectivity index (χ4n) is 2.65. The molecule has 122 valence electrons. The maximum Gasteiger partial charge on any atom is 0.222 e. The second kappa shape index (κ2) is 7.60. The number of nitrogens with zero attached hydrogens (tertiary/aromatic N) is 3. The van der Waals surface area contributed by atoms with Crippen molar-refractivity contribution in [2.45, 2.75) is 25.4 Å². The number of hydrogen-bond donors (Lipinski definition) is 0. The van der Waals surface area contributed by atoms with E-state index in [0.717, 1.165) is 12.8 Å². The number of nitriles is 1. The lowest BCUT2D eigenvalue weighted by atomic mass is 10.1. The number of ether oxygens (including phenoxy) is 1. The van der Waals surface area contributed by atoms with Crippen LogP contribution in [0.5, 0.6) is 5.88 Å². The number of rotatable bonds is 6. The second-order valence-electron chi connectivity index (χ2n) is 5.87. The van der Waals surface area contributed by atoms with Gasteiger partial charge < -0.3 is 9.64 Å². The van der Waals surface area contributed by atoms with E-state index in [1.807, 2.05) is 29.2 Å². The van der Waals surface area contributed by atoms with E-state index < -0.39 is 0 Å². The molecule has 24 heavy (non-hydrogen) atoms. The van der Waals surface area contributed by atoms with Gasteiger partial charge in [0.1, 0.15) is 12.2 Å². The first-order valence-corrected chi connectivity index (χ1v) is 8.09. The molecule has 1 aromatic carbocycles. The Morgan fingerprint density at radius 1 is 1.25 bits per heavy atom. The van der Waals surface area contributed by atoms with Crippen molar-refractivity contribution in [2.24, 2.45) is 0 Å². The van der Waals surface area contributed by atoms with Crippen LogP contribution in [-0.4, -0.2) is 35.0 Å². The van der Waals surface area contributed by atoms with Gasteiger partial charge in [-0.2, -0.15) is 5.26 Å². The normalized spacial score (nSPS) is 13.9. The number of pyridine rings is 1. The van der Waals surface area contributed by atoms with Crippen LogP contribution in [0.1, 0.15) is 24.0 Å². The van der Waals surface area contributed by atoms with Gasteiger partial charge in [-0.05, 0) is 24.5 Å². The smallest absolute Gasteiger partial charge is 0.222 e. The monoisotopic (exact) mass is 321 g/mol. The van der Waals surface area contributed by atoms with Crippen molar-refractivity contribution in [1.29, 1.82) is 5.26 Å². The van der Waals surface area contributed by atoms with Crippen molar-refractivity contribution in [1.82, 2.24) is 9.88 Å². The second-order valence-corrected chi connectivity index (χ2v) is 5.87. The number of carbonyl (C=O) groups excluding carboxylic acids is 1. The van der Waals surface area contributed by atoms with Gasteiger partial charge in [-0.1, -0.05) is 30.3 Å². The zero-order valence-corrected chi connectivity index (χ0v) is 13.4. The molecule has 0 spiro atoms. The number of hydrogen-bond acceptors (Lipinski definition) is 4. The third-order valence-corrected chi connectivity index (χ3v) is 4.05. The highest BCUT2D eigenvalue weighted by Gasteiger charge is 2.31. The largest absolute Gasteiger partial charge is 0.471 e. The Labute approximate surface area is 141 Å². The predicted molar refractivity (Wildman–Crippen MR) is 89.3 cm³/mol. The molecular weight excluding hydrogens is 302 g/mol. The molecule has 2 aromatic rings. The Hall–Kier alpha value is -2.87. The summed E-state index contributed by atoms with van der Waals surface area (Å²) in [5, 5.41) is 8.73. The van der Waals surface area contributed by atoms with E-state index in [1.165, 1.54) is 11.8 Å². The average Bonchev–Trinajstić information content (AvgIpc) is 2.59. The first-order chi connectivity index (χ1) is 11.7. The van der Waals surface area contributed by atoms with Crippen molar-refractivity contribution >= 4 is 5.91 Å². The maximum absolute atomic E-state index is 12.1. The molecule has 0 aliphatic carbocycles. The van der Waals surface area contributed by atoms with Crippen LogP contribution in [0, 0.1) is 11.3 Å². The lowest BCUT2D eigenvalue weighted by Gasteiger charge is -2.38. The Bertz CT molecular complexity index is 717. The fraction of sp³-hybridized carbons (Fsp3) is 0.316. The lowest BCUT2D eigenvalue weighted by Crippen LogP contribution is -2.56.